The molecular weight excluding hydrogens is 232 g/mol. The molecule has 0 bridgehead atoms. The molecule has 1 N–H and O–H groups in total. The van der Waals surface area contributed by atoms with Gasteiger partial charge >= 0.3 is 5.97 Å². The summed E-state index contributed by atoms with van der Waals surface area (Å²) in [4.78, 5) is 24.1. The number of aromatic amines is 1. The molecule has 0 unspecified atom stereocenters. The van der Waals surface area contributed by atoms with E-state index in [1.54, 1.807) is 0 Å². The first-order valence-electron chi connectivity index (χ1n) is 3.76. The van der Waals surface area contributed by atoms with Crippen molar-refractivity contribution in [3.63, 3.8) is 0 Å². The average Bonchev–Trinajstić information content (AvgIpc) is 2.16. The van der Waals surface area contributed by atoms with Crippen LogP contribution in [0, 0.1) is 0 Å². The van der Waals surface area contributed by atoms with Crippen molar-refractivity contribution >= 4 is 17.6 Å². The molecule has 0 spiro atoms. The summed E-state index contributed by atoms with van der Waals surface area (Å²) in [5.41, 5.74) is -1.98. The number of H-pyrrole nitrogens is 1. The van der Waals surface area contributed by atoms with Gasteiger partial charge in [0.1, 0.15) is 10.7 Å². The van der Waals surface area contributed by atoms with Gasteiger partial charge in [-0.05, 0) is 6.07 Å². The molecule has 1 rings (SSSR count). The molecular formula is C8H6ClF2NO3. The van der Waals surface area contributed by atoms with Crippen LogP contribution in [0.3, 0.4) is 0 Å². The molecule has 1 aromatic heterocycles. The van der Waals surface area contributed by atoms with Crippen LogP contribution in [0.5, 0.6) is 0 Å². The third-order valence-electron chi connectivity index (χ3n) is 1.66. The Morgan fingerprint density at radius 3 is 2.67 bits per heavy atom. The highest BCUT2D eigenvalue weighted by Crippen LogP contribution is 2.24. The number of aromatic nitrogens is 1. The first-order chi connectivity index (χ1) is 6.97. The van der Waals surface area contributed by atoms with Gasteiger partial charge in [0.2, 0.25) is 0 Å². The van der Waals surface area contributed by atoms with Crippen molar-refractivity contribution in [2.75, 3.05) is 7.11 Å². The van der Waals surface area contributed by atoms with E-state index in [0.717, 1.165) is 13.2 Å². The van der Waals surface area contributed by atoms with Crippen molar-refractivity contribution in [2.45, 2.75) is 6.43 Å². The van der Waals surface area contributed by atoms with Crippen LogP contribution in [0.1, 0.15) is 22.3 Å². The molecule has 0 fully saturated rings. The molecule has 4 nitrogen and oxygen atoms in total. The number of nitrogens with one attached hydrogen (secondary N) is 1. The van der Waals surface area contributed by atoms with Gasteiger partial charge in [0.05, 0.1) is 12.7 Å². The van der Waals surface area contributed by atoms with Gasteiger partial charge in [-0.1, -0.05) is 11.6 Å². The third kappa shape index (κ3) is 2.33. The minimum absolute atomic E-state index is 0.484. The van der Waals surface area contributed by atoms with Gasteiger partial charge in [0.15, 0.2) is 0 Å². The second-order valence-electron chi connectivity index (χ2n) is 2.57. The molecule has 0 saturated carbocycles. The van der Waals surface area contributed by atoms with Crippen molar-refractivity contribution in [3.05, 3.63) is 32.7 Å². The standard InChI is InChI=1S/C8H6ClF2NO3/c1-15-8(14)4-2-3(6(10)11)5(9)12-7(4)13/h2,6H,1H3,(H,12,13). The van der Waals surface area contributed by atoms with Gasteiger partial charge in [-0.15, -0.1) is 0 Å². The molecule has 1 heterocycles. The van der Waals surface area contributed by atoms with Crippen LogP contribution in [0.4, 0.5) is 8.78 Å². The molecule has 0 aliphatic heterocycles. The molecule has 0 aromatic carbocycles. The number of esters is 1. The van der Waals surface area contributed by atoms with E-state index >= 15 is 0 Å². The Morgan fingerprint density at radius 2 is 2.20 bits per heavy atom. The van der Waals surface area contributed by atoms with Crippen LogP contribution in [0.2, 0.25) is 5.15 Å². The lowest BCUT2D eigenvalue weighted by molar-refractivity contribution is 0.0598. The van der Waals surface area contributed by atoms with Gasteiger partial charge in [-0.25, -0.2) is 13.6 Å². The molecule has 15 heavy (non-hydrogen) atoms. The van der Waals surface area contributed by atoms with Crippen LogP contribution in [0.15, 0.2) is 10.9 Å². The summed E-state index contributed by atoms with van der Waals surface area (Å²) in [7, 11) is 1.04. The van der Waals surface area contributed by atoms with Gasteiger partial charge < -0.3 is 9.72 Å². The highest BCUT2D eigenvalue weighted by molar-refractivity contribution is 6.30. The zero-order chi connectivity index (χ0) is 11.6. The molecule has 0 aliphatic rings. The molecule has 0 amide bonds. The quantitative estimate of drug-likeness (QED) is 0.630. The molecule has 0 radical (unpaired) electrons. The SMILES string of the molecule is COC(=O)c1cc(C(F)F)c(Cl)[nH]c1=O. The maximum Gasteiger partial charge on any atom is 0.343 e. The van der Waals surface area contributed by atoms with Crippen molar-refractivity contribution in [1.29, 1.82) is 0 Å². The van der Waals surface area contributed by atoms with E-state index in [2.05, 4.69) is 4.74 Å². The van der Waals surface area contributed by atoms with Gasteiger partial charge in [-0.2, -0.15) is 0 Å². The first-order valence-corrected chi connectivity index (χ1v) is 4.14. The largest absolute Gasteiger partial charge is 0.465 e. The van der Waals surface area contributed by atoms with E-state index < -0.39 is 34.2 Å². The van der Waals surface area contributed by atoms with E-state index in [0.29, 0.717) is 0 Å². The smallest absolute Gasteiger partial charge is 0.343 e. The van der Waals surface area contributed by atoms with E-state index in [4.69, 9.17) is 11.6 Å². The van der Waals surface area contributed by atoms with Crippen LogP contribution in [-0.4, -0.2) is 18.1 Å². The molecule has 7 heteroatoms. The summed E-state index contributed by atoms with van der Waals surface area (Å²) in [6.07, 6.45) is -2.88. The highest BCUT2D eigenvalue weighted by atomic mass is 35.5. The van der Waals surface area contributed by atoms with Gasteiger partial charge in [0, 0.05) is 0 Å². The van der Waals surface area contributed by atoms with E-state index in [-0.39, 0.29) is 0 Å². The van der Waals surface area contributed by atoms with Crippen LogP contribution < -0.4 is 5.56 Å². The van der Waals surface area contributed by atoms with Gasteiger partial charge in [0.25, 0.3) is 12.0 Å². The van der Waals surface area contributed by atoms with Crippen LogP contribution in [0.25, 0.3) is 0 Å². The fourth-order valence-corrected chi connectivity index (χ4v) is 1.17. The fraction of sp³-hybridized carbons (Fsp3) is 0.250. The average molecular weight is 238 g/mol. The number of hydrogen-bond donors (Lipinski definition) is 1. The molecule has 0 aliphatic carbocycles. The predicted molar refractivity (Wildman–Crippen MR) is 48.4 cm³/mol. The Hall–Kier alpha value is -1.43. The summed E-state index contributed by atoms with van der Waals surface area (Å²) in [6, 6.07) is 0.720. The summed E-state index contributed by atoms with van der Waals surface area (Å²) in [6.45, 7) is 0. The Morgan fingerprint density at radius 1 is 1.60 bits per heavy atom. The summed E-state index contributed by atoms with van der Waals surface area (Å²) in [5, 5.41) is -0.484. The Labute approximate surface area is 87.8 Å². The van der Waals surface area contributed by atoms with E-state index in [1.807, 2.05) is 4.98 Å². The van der Waals surface area contributed by atoms with Crippen molar-refractivity contribution in [1.82, 2.24) is 4.98 Å². The second kappa shape index (κ2) is 4.39. The number of halogens is 3. The number of methoxy groups -OCH3 is 1. The van der Waals surface area contributed by atoms with E-state index in [1.165, 1.54) is 0 Å². The Balaban J connectivity index is 3.36. The maximum atomic E-state index is 12.3. The molecule has 0 saturated heterocycles. The molecule has 0 atom stereocenters. The lowest BCUT2D eigenvalue weighted by Crippen LogP contribution is -2.19. The monoisotopic (exact) mass is 237 g/mol. The van der Waals surface area contributed by atoms with Crippen molar-refractivity contribution in [3.8, 4) is 0 Å². The molecule has 82 valence electrons. The summed E-state index contributed by atoms with van der Waals surface area (Å²) in [5.74, 6) is -0.991. The second-order valence-corrected chi connectivity index (χ2v) is 2.95. The zero-order valence-electron chi connectivity index (χ0n) is 7.51. The fourth-order valence-electron chi connectivity index (χ4n) is 0.944. The first kappa shape index (κ1) is 11.6. The van der Waals surface area contributed by atoms with E-state index in [9.17, 15) is 18.4 Å². The van der Waals surface area contributed by atoms with Crippen LogP contribution >= 0.6 is 11.6 Å². The topological polar surface area (TPSA) is 59.2 Å². The lowest BCUT2D eigenvalue weighted by Gasteiger charge is -2.04. The lowest BCUT2D eigenvalue weighted by atomic mass is 10.2. The van der Waals surface area contributed by atoms with Crippen molar-refractivity contribution < 1.29 is 18.3 Å². The normalized spacial score (nSPS) is 10.5. The highest BCUT2D eigenvalue weighted by Gasteiger charge is 2.19. The Kier molecular flexibility index (Phi) is 3.41. The number of rotatable bonds is 2. The number of pyridine rings is 1. The maximum absolute atomic E-state index is 12.3. The zero-order valence-corrected chi connectivity index (χ0v) is 8.27. The van der Waals surface area contributed by atoms with Crippen LogP contribution in [-0.2, 0) is 4.74 Å². The minimum Gasteiger partial charge on any atom is -0.465 e. The number of carbonyl (C=O) groups excluding carboxylic acids is 1. The van der Waals surface area contributed by atoms with Gasteiger partial charge in [-0.3, -0.25) is 4.79 Å². The number of carbonyl (C=O) groups is 1. The summed E-state index contributed by atoms with van der Waals surface area (Å²) >= 11 is 5.36. The number of hydrogen-bond acceptors (Lipinski definition) is 3. The Bertz CT molecular complexity index is 444. The number of alkyl halides is 2. The molecule has 1 aromatic rings. The summed E-state index contributed by atoms with van der Waals surface area (Å²) < 4.78 is 28.9. The third-order valence-corrected chi connectivity index (χ3v) is 1.97. The van der Waals surface area contributed by atoms with Crippen molar-refractivity contribution in [2.24, 2.45) is 0 Å². The minimum atomic E-state index is -2.88. The number of ether oxygens (including phenoxy) is 1. The predicted octanol–water partition coefficient (Wildman–Crippen LogP) is 1.75.